The van der Waals surface area contributed by atoms with Gasteiger partial charge in [-0.3, -0.25) is 4.79 Å². The van der Waals surface area contributed by atoms with Crippen LogP contribution in [0.5, 0.6) is 0 Å². The van der Waals surface area contributed by atoms with Gasteiger partial charge < -0.3 is 14.8 Å². The van der Waals surface area contributed by atoms with Crippen molar-refractivity contribution in [2.24, 2.45) is 0 Å². The van der Waals surface area contributed by atoms with Crippen molar-refractivity contribution in [2.45, 2.75) is 0 Å². The lowest BCUT2D eigenvalue weighted by Gasteiger charge is -2.04. The number of benzene rings is 1. The van der Waals surface area contributed by atoms with Crippen LogP contribution in [-0.2, 0) is 4.79 Å². The molecule has 1 aromatic heterocycles. The molecule has 5 nitrogen and oxygen atoms in total. The minimum absolute atomic E-state index is 0.0558. The van der Waals surface area contributed by atoms with Gasteiger partial charge in [-0.1, -0.05) is 30.3 Å². The topological polar surface area (TPSA) is 79.5 Å². The van der Waals surface area contributed by atoms with Crippen LogP contribution in [0.25, 0.3) is 6.08 Å². The van der Waals surface area contributed by atoms with E-state index in [1.54, 1.807) is 30.3 Å². The zero-order valence-corrected chi connectivity index (χ0v) is 9.87. The van der Waals surface area contributed by atoms with E-state index in [1.165, 1.54) is 18.4 Å². The summed E-state index contributed by atoms with van der Waals surface area (Å²) in [6, 6.07) is 11.9. The van der Waals surface area contributed by atoms with E-state index in [2.05, 4.69) is 5.32 Å². The van der Waals surface area contributed by atoms with Gasteiger partial charge in [0.15, 0.2) is 5.76 Å². The van der Waals surface area contributed by atoms with Gasteiger partial charge in [0.2, 0.25) is 0 Å². The van der Waals surface area contributed by atoms with E-state index in [4.69, 9.17) is 9.52 Å². The number of nitrogens with one attached hydrogen (secondary N) is 1. The van der Waals surface area contributed by atoms with E-state index in [-0.39, 0.29) is 11.5 Å². The van der Waals surface area contributed by atoms with Crippen molar-refractivity contribution in [1.82, 2.24) is 5.32 Å². The van der Waals surface area contributed by atoms with Crippen molar-refractivity contribution < 1.29 is 19.1 Å². The molecule has 0 spiro atoms. The Morgan fingerprint density at radius 1 is 1.11 bits per heavy atom. The number of carbonyl (C=O) groups excluding carboxylic acids is 1. The number of carboxylic acid groups (broad SMARTS) is 1. The fraction of sp³-hybridized carbons (Fsp3) is 0. The average molecular weight is 257 g/mol. The number of aliphatic carboxylic acids is 1. The first-order valence-corrected chi connectivity index (χ1v) is 5.52. The number of furan rings is 1. The first-order chi connectivity index (χ1) is 9.16. The molecule has 0 radical (unpaired) electrons. The molecule has 2 aromatic rings. The minimum atomic E-state index is -1.22. The van der Waals surface area contributed by atoms with Crippen LogP contribution in [0.15, 0.2) is 58.8 Å². The molecule has 1 aromatic carbocycles. The molecule has 5 heteroatoms. The Morgan fingerprint density at radius 2 is 1.84 bits per heavy atom. The van der Waals surface area contributed by atoms with E-state index in [1.807, 2.05) is 6.07 Å². The molecule has 96 valence electrons. The number of carboxylic acids is 1. The fourth-order valence-electron chi connectivity index (χ4n) is 1.46. The molecule has 0 bridgehead atoms. The third-order valence-corrected chi connectivity index (χ3v) is 2.33. The monoisotopic (exact) mass is 257 g/mol. The summed E-state index contributed by atoms with van der Waals surface area (Å²) >= 11 is 0. The van der Waals surface area contributed by atoms with Crippen molar-refractivity contribution in [1.29, 1.82) is 0 Å². The van der Waals surface area contributed by atoms with Gasteiger partial charge in [0.25, 0.3) is 5.91 Å². The second-order valence-corrected chi connectivity index (χ2v) is 3.71. The lowest BCUT2D eigenvalue weighted by molar-refractivity contribution is -0.132. The first kappa shape index (κ1) is 12.6. The molecule has 2 N–H and O–H groups in total. The van der Waals surface area contributed by atoms with Crippen LogP contribution in [0, 0.1) is 0 Å². The number of carbonyl (C=O) groups is 2. The first-order valence-electron chi connectivity index (χ1n) is 5.52. The van der Waals surface area contributed by atoms with Gasteiger partial charge in [0.05, 0.1) is 6.26 Å². The van der Waals surface area contributed by atoms with Crippen LogP contribution in [-0.4, -0.2) is 17.0 Å². The standard InChI is InChI=1S/C14H11NO4/c16-13(12-7-4-8-19-12)15-11(14(17)18)9-10-5-2-1-3-6-10/h1-9H,(H,15,16)(H,17,18)/b11-9+. The van der Waals surface area contributed by atoms with E-state index >= 15 is 0 Å². The molecular formula is C14H11NO4. The Bertz CT molecular complexity index is 600. The number of rotatable bonds is 4. The molecule has 0 saturated heterocycles. The highest BCUT2D eigenvalue weighted by atomic mass is 16.4. The molecule has 0 aliphatic rings. The summed E-state index contributed by atoms with van der Waals surface area (Å²) < 4.78 is 4.89. The molecule has 19 heavy (non-hydrogen) atoms. The highest BCUT2D eigenvalue weighted by Gasteiger charge is 2.14. The maximum Gasteiger partial charge on any atom is 0.352 e. The van der Waals surface area contributed by atoms with Gasteiger partial charge >= 0.3 is 5.97 Å². The summed E-state index contributed by atoms with van der Waals surface area (Å²) in [6.07, 6.45) is 2.72. The highest BCUT2D eigenvalue weighted by Crippen LogP contribution is 2.07. The Kier molecular flexibility index (Phi) is 3.78. The quantitative estimate of drug-likeness (QED) is 0.822. The maximum atomic E-state index is 11.7. The third kappa shape index (κ3) is 3.32. The van der Waals surface area contributed by atoms with Crippen LogP contribution < -0.4 is 5.32 Å². The molecule has 0 aliphatic carbocycles. The SMILES string of the molecule is O=C(O)/C(=C\c1ccccc1)NC(=O)c1ccco1. The van der Waals surface area contributed by atoms with Gasteiger partial charge in [-0.15, -0.1) is 0 Å². The summed E-state index contributed by atoms with van der Waals surface area (Å²) in [5.41, 5.74) is 0.465. The van der Waals surface area contributed by atoms with Crippen molar-refractivity contribution >= 4 is 18.0 Å². The zero-order valence-electron chi connectivity index (χ0n) is 9.87. The number of hydrogen-bond acceptors (Lipinski definition) is 3. The van der Waals surface area contributed by atoms with Crippen LogP contribution >= 0.6 is 0 Å². The summed E-state index contributed by atoms with van der Waals surface area (Å²) in [6.45, 7) is 0. The molecule has 1 heterocycles. The van der Waals surface area contributed by atoms with E-state index in [0.29, 0.717) is 5.56 Å². The van der Waals surface area contributed by atoms with E-state index in [9.17, 15) is 9.59 Å². The molecule has 0 aliphatic heterocycles. The third-order valence-electron chi connectivity index (χ3n) is 2.33. The Labute approximate surface area is 109 Å². The van der Waals surface area contributed by atoms with Gasteiger partial charge in [0.1, 0.15) is 5.70 Å². The summed E-state index contributed by atoms with van der Waals surface area (Å²) in [5.74, 6) is -1.77. The predicted octanol–water partition coefficient (Wildman–Crippen LogP) is 2.14. The fourth-order valence-corrected chi connectivity index (χ4v) is 1.46. The van der Waals surface area contributed by atoms with Crippen molar-refractivity contribution in [3.8, 4) is 0 Å². The number of hydrogen-bond donors (Lipinski definition) is 2. The molecular weight excluding hydrogens is 246 g/mol. The normalized spacial score (nSPS) is 11.1. The van der Waals surface area contributed by atoms with Gasteiger partial charge in [-0.2, -0.15) is 0 Å². The predicted molar refractivity (Wildman–Crippen MR) is 68.2 cm³/mol. The molecule has 2 rings (SSSR count). The smallest absolute Gasteiger partial charge is 0.352 e. The van der Waals surface area contributed by atoms with Crippen molar-refractivity contribution in [3.05, 3.63) is 65.7 Å². The lowest BCUT2D eigenvalue weighted by Crippen LogP contribution is -2.26. The Balaban J connectivity index is 2.20. The lowest BCUT2D eigenvalue weighted by atomic mass is 10.2. The van der Waals surface area contributed by atoms with E-state index in [0.717, 1.165) is 0 Å². The Morgan fingerprint density at radius 3 is 2.42 bits per heavy atom. The van der Waals surface area contributed by atoms with Gasteiger partial charge in [-0.25, -0.2) is 4.79 Å². The van der Waals surface area contributed by atoms with Crippen LogP contribution in [0.2, 0.25) is 0 Å². The summed E-state index contributed by atoms with van der Waals surface area (Å²) in [7, 11) is 0. The van der Waals surface area contributed by atoms with Crippen LogP contribution in [0.4, 0.5) is 0 Å². The Hall–Kier alpha value is -2.82. The van der Waals surface area contributed by atoms with Crippen LogP contribution in [0.3, 0.4) is 0 Å². The molecule has 0 fully saturated rings. The maximum absolute atomic E-state index is 11.7. The van der Waals surface area contributed by atoms with Crippen LogP contribution in [0.1, 0.15) is 16.1 Å². The van der Waals surface area contributed by atoms with Crippen molar-refractivity contribution in [2.75, 3.05) is 0 Å². The van der Waals surface area contributed by atoms with Gasteiger partial charge in [-0.05, 0) is 23.8 Å². The molecule has 0 atom stereocenters. The van der Waals surface area contributed by atoms with E-state index < -0.39 is 11.9 Å². The average Bonchev–Trinajstić information content (AvgIpc) is 2.93. The van der Waals surface area contributed by atoms with Gasteiger partial charge in [0, 0.05) is 0 Å². The zero-order chi connectivity index (χ0) is 13.7. The second kappa shape index (κ2) is 5.68. The summed E-state index contributed by atoms with van der Waals surface area (Å²) in [4.78, 5) is 22.8. The summed E-state index contributed by atoms with van der Waals surface area (Å²) in [5, 5.41) is 11.4. The minimum Gasteiger partial charge on any atom is -0.477 e. The molecule has 0 saturated carbocycles. The highest BCUT2D eigenvalue weighted by molar-refractivity contribution is 6.01. The second-order valence-electron chi connectivity index (χ2n) is 3.71. The number of amides is 1. The molecule has 1 amide bonds. The largest absolute Gasteiger partial charge is 0.477 e. The molecule has 0 unspecified atom stereocenters. The van der Waals surface area contributed by atoms with Crippen molar-refractivity contribution in [3.63, 3.8) is 0 Å².